The summed E-state index contributed by atoms with van der Waals surface area (Å²) in [5.74, 6) is -0.493. The Morgan fingerprint density at radius 1 is 1.00 bits per heavy atom. The summed E-state index contributed by atoms with van der Waals surface area (Å²) in [7, 11) is 1.61. The number of methoxy groups -OCH3 is 1. The number of nitrogens with one attached hydrogen (secondary N) is 2. The summed E-state index contributed by atoms with van der Waals surface area (Å²) in [6.07, 6.45) is 0.595. The van der Waals surface area contributed by atoms with Gasteiger partial charge in [0.05, 0.1) is 13.2 Å². The molecule has 2 aromatic rings. The van der Waals surface area contributed by atoms with E-state index < -0.39 is 11.8 Å². The molecule has 0 radical (unpaired) electrons. The van der Waals surface area contributed by atoms with Gasteiger partial charge >= 0.3 is 11.8 Å². The van der Waals surface area contributed by atoms with Crippen LogP contribution in [0.3, 0.4) is 0 Å². The molecule has 24 heavy (non-hydrogen) atoms. The molecule has 1 atom stereocenters. The molecule has 1 unspecified atom stereocenters. The highest BCUT2D eigenvalue weighted by Gasteiger charge is 2.16. The number of rotatable bonds is 6. The Hall–Kier alpha value is -2.82. The quantitative estimate of drug-likeness (QED) is 0.800. The molecule has 0 spiro atoms. The fourth-order valence-electron chi connectivity index (χ4n) is 2.39. The van der Waals surface area contributed by atoms with E-state index in [2.05, 4.69) is 10.6 Å². The van der Waals surface area contributed by atoms with Crippen LogP contribution in [0.4, 0.5) is 0 Å². The molecule has 0 bridgehead atoms. The van der Waals surface area contributed by atoms with Gasteiger partial charge in [0.15, 0.2) is 0 Å². The van der Waals surface area contributed by atoms with E-state index >= 15 is 0 Å². The number of hydrogen-bond acceptors (Lipinski definition) is 3. The van der Waals surface area contributed by atoms with Crippen molar-refractivity contribution >= 4 is 11.8 Å². The summed E-state index contributed by atoms with van der Waals surface area (Å²) in [4.78, 5) is 23.8. The van der Waals surface area contributed by atoms with Crippen LogP contribution in [0.5, 0.6) is 5.75 Å². The van der Waals surface area contributed by atoms with Crippen molar-refractivity contribution in [1.82, 2.24) is 10.6 Å². The SMILES string of the molecule is COc1ccccc1CCNC(=O)C(=O)NC(C)c1ccccc1. The summed E-state index contributed by atoms with van der Waals surface area (Å²) >= 11 is 0. The Labute approximate surface area is 142 Å². The second kappa shape index (κ2) is 8.72. The lowest BCUT2D eigenvalue weighted by Gasteiger charge is -2.14. The summed E-state index contributed by atoms with van der Waals surface area (Å²) < 4.78 is 5.26. The first-order valence-electron chi connectivity index (χ1n) is 7.87. The fourth-order valence-corrected chi connectivity index (χ4v) is 2.39. The third kappa shape index (κ3) is 4.84. The highest BCUT2D eigenvalue weighted by atomic mass is 16.5. The van der Waals surface area contributed by atoms with Crippen molar-refractivity contribution in [1.29, 1.82) is 0 Å². The van der Waals surface area contributed by atoms with Gasteiger partial charge in [0.1, 0.15) is 5.75 Å². The van der Waals surface area contributed by atoms with Crippen LogP contribution in [-0.4, -0.2) is 25.5 Å². The fraction of sp³-hybridized carbons (Fsp3) is 0.263. The van der Waals surface area contributed by atoms with Crippen molar-refractivity contribution in [3.8, 4) is 5.75 Å². The average molecular weight is 326 g/mol. The summed E-state index contributed by atoms with van der Waals surface area (Å²) in [6, 6.07) is 16.9. The second-order valence-corrected chi connectivity index (χ2v) is 5.42. The zero-order valence-electron chi connectivity index (χ0n) is 13.9. The predicted octanol–water partition coefficient (Wildman–Crippen LogP) is 2.23. The van der Waals surface area contributed by atoms with Crippen molar-refractivity contribution < 1.29 is 14.3 Å². The van der Waals surface area contributed by atoms with Gasteiger partial charge in [-0.1, -0.05) is 48.5 Å². The van der Waals surface area contributed by atoms with Gasteiger partial charge in [0.2, 0.25) is 0 Å². The van der Waals surface area contributed by atoms with Crippen LogP contribution in [0.25, 0.3) is 0 Å². The monoisotopic (exact) mass is 326 g/mol. The number of carbonyl (C=O) groups excluding carboxylic acids is 2. The number of ether oxygens (including phenoxy) is 1. The summed E-state index contributed by atoms with van der Waals surface area (Å²) in [5, 5.41) is 5.32. The van der Waals surface area contributed by atoms with E-state index in [0.29, 0.717) is 13.0 Å². The minimum atomic E-state index is -0.633. The number of para-hydroxylation sites is 1. The number of carbonyl (C=O) groups is 2. The van der Waals surface area contributed by atoms with Crippen LogP contribution >= 0.6 is 0 Å². The minimum Gasteiger partial charge on any atom is -0.496 e. The van der Waals surface area contributed by atoms with Crippen molar-refractivity contribution in [2.24, 2.45) is 0 Å². The van der Waals surface area contributed by atoms with E-state index in [1.807, 2.05) is 61.5 Å². The first-order valence-corrected chi connectivity index (χ1v) is 7.87. The highest BCUT2D eigenvalue weighted by Crippen LogP contribution is 2.17. The maximum atomic E-state index is 11.9. The van der Waals surface area contributed by atoms with E-state index in [1.165, 1.54) is 0 Å². The van der Waals surface area contributed by atoms with E-state index in [1.54, 1.807) is 7.11 Å². The van der Waals surface area contributed by atoms with Gasteiger partial charge in [0, 0.05) is 6.54 Å². The Balaban J connectivity index is 1.81. The molecule has 0 saturated heterocycles. The summed E-state index contributed by atoms with van der Waals surface area (Å²) in [5.41, 5.74) is 1.94. The molecule has 2 N–H and O–H groups in total. The lowest BCUT2D eigenvalue weighted by Crippen LogP contribution is -2.41. The van der Waals surface area contributed by atoms with Crippen molar-refractivity contribution in [2.45, 2.75) is 19.4 Å². The largest absolute Gasteiger partial charge is 0.496 e. The van der Waals surface area contributed by atoms with E-state index in [4.69, 9.17) is 4.74 Å². The number of benzene rings is 2. The van der Waals surface area contributed by atoms with Crippen LogP contribution in [0.2, 0.25) is 0 Å². The lowest BCUT2D eigenvalue weighted by molar-refractivity contribution is -0.139. The summed E-state index contributed by atoms with van der Waals surface area (Å²) in [6.45, 7) is 2.21. The molecule has 5 heteroatoms. The Kier molecular flexibility index (Phi) is 6.37. The van der Waals surface area contributed by atoms with Crippen molar-refractivity contribution in [3.63, 3.8) is 0 Å². The van der Waals surface area contributed by atoms with Crippen LogP contribution in [0.1, 0.15) is 24.1 Å². The molecule has 126 valence electrons. The molecule has 0 aliphatic heterocycles. The Morgan fingerprint density at radius 2 is 1.67 bits per heavy atom. The van der Waals surface area contributed by atoms with Crippen LogP contribution in [-0.2, 0) is 16.0 Å². The number of hydrogen-bond donors (Lipinski definition) is 2. The molecule has 0 aliphatic rings. The normalized spacial score (nSPS) is 11.4. The maximum Gasteiger partial charge on any atom is 0.309 e. The molecule has 0 fully saturated rings. The average Bonchev–Trinajstić information content (AvgIpc) is 2.62. The highest BCUT2D eigenvalue weighted by molar-refractivity contribution is 6.35. The molecule has 2 amide bonds. The zero-order chi connectivity index (χ0) is 17.4. The van der Waals surface area contributed by atoms with Gasteiger partial charge in [-0.15, -0.1) is 0 Å². The van der Waals surface area contributed by atoms with Gasteiger partial charge in [-0.05, 0) is 30.5 Å². The van der Waals surface area contributed by atoms with Crippen molar-refractivity contribution in [3.05, 3.63) is 65.7 Å². The number of amides is 2. The Morgan fingerprint density at radius 3 is 2.38 bits per heavy atom. The van der Waals surface area contributed by atoms with E-state index in [0.717, 1.165) is 16.9 Å². The van der Waals surface area contributed by atoms with E-state index in [9.17, 15) is 9.59 Å². The molecule has 2 rings (SSSR count). The van der Waals surface area contributed by atoms with Crippen LogP contribution in [0, 0.1) is 0 Å². The third-order valence-electron chi connectivity index (χ3n) is 3.73. The van der Waals surface area contributed by atoms with Gasteiger partial charge < -0.3 is 15.4 Å². The van der Waals surface area contributed by atoms with E-state index in [-0.39, 0.29) is 6.04 Å². The Bertz CT molecular complexity index is 686. The molecule has 5 nitrogen and oxygen atoms in total. The van der Waals surface area contributed by atoms with Gasteiger partial charge in [0.25, 0.3) is 0 Å². The molecule has 2 aromatic carbocycles. The first kappa shape index (κ1) is 17.5. The zero-order valence-corrected chi connectivity index (χ0v) is 13.9. The lowest BCUT2D eigenvalue weighted by atomic mass is 10.1. The molecule has 0 saturated carbocycles. The topological polar surface area (TPSA) is 67.4 Å². The second-order valence-electron chi connectivity index (χ2n) is 5.42. The smallest absolute Gasteiger partial charge is 0.309 e. The van der Waals surface area contributed by atoms with Crippen LogP contribution < -0.4 is 15.4 Å². The van der Waals surface area contributed by atoms with Gasteiger partial charge in [-0.3, -0.25) is 9.59 Å². The third-order valence-corrected chi connectivity index (χ3v) is 3.73. The minimum absolute atomic E-state index is 0.223. The van der Waals surface area contributed by atoms with Crippen molar-refractivity contribution in [2.75, 3.05) is 13.7 Å². The maximum absolute atomic E-state index is 11.9. The molecular weight excluding hydrogens is 304 g/mol. The van der Waals surface area contributed by atoms with Gasteiger partial charge in [-0.2, -0.15) is 0 Å². The first-order chi connectivity index (χ1) is 11.6. The van der Waals surface area contributed by atoms with Gasteiger partial charge in [-0.25, -0.2) is 0 Å². The molecule has 0 heterocycles. The predicted molar refractivity (Wildman–Crippen MR) is 92.7 cm³/mol. The van der Waals surface area contributed by atoms with Crippen LogP contribution in [0.15, 0.2) is 54.6 Å². The standard InChI is InChI=1S/C19H22N2O3/c1-14(15-8-4-3-5-9-15)21-19(23)18(22)20-13-12-16-10-6-7-11-17(16)24-2/h3-11,14H,12-13H2,1-2H3,(H,20,22)(H,21,23). The molecule has 0 aromatic heterocycles. The molecular formula is C19H22N2O3. The molecule has 0 aliphatic carbocycles.